The normalized spacial score (nSPS) is 19.1. The molecular weight excluding hydrogens is 408 g/mol. The first-order chi connectivity index (χ1) is 11.6. The maximum atomic E-state index is 12.2. The summed E-state index contributed by atoms with van der Waals surface area (Å²) in [4.78, 5) is 12.2. The Hall–Kier alpha value is -1.60. The summed E-state index contributed by atoms with van der Waals surface area (Å²) >= 11 is 3.39. The van der Waals surface area contributed by atoms with Gasteiger partial charge in [0, 0.05) is 16.7 Å². The summed E-state index contributed by atoms with van der Waals surface area (Å²) in [7, 11) is 0. The number of carbonyl (C=O) groups is 1. The van der Waals surface area contributed by atoms with Gasteiger partial charge in [-0.05, 0) is 61.4 Å². The van der Waals surface area contributed by atoms with Crippen LogP contribution in [-0.2, 0) is 9.53 Å². The number of carbonyl (C=O) groups excluding carboxylic acids is 1. The number of hydrogen-bond donors (Lipinski definition) is 2. The Labute approximate surface area is 161 Å². The van der Waals surface area contributed by atoms with Gasteiger partial charge in [0.2, 0.25) is 0 Å². The molecule has 0 radical (unpaired) electrons. The zero-order valence-electron chi connectivity index (χ0n) is 13.5. The molecule has 134 valence electrons. The van der Waals surface area contributed by atoms with Crippen molar-refractivity contribution in [2.24, 2.45) is 5.73 Å². The van der Waals surface area contributed by atoms with Gasteiger partial charge in [-0.3, -0.25) is 4.79 Å². The van der Waals surface area contributed by atoms with Gasteiger partial charge in [0.15, 0.2) is 0 Å². The van der Waals surface area contributed by atoms with Gasteiger partial charge < -0.3 is 20.5 Å². The van der Waals surface area contributed by atoms with Crippen LogP contribution >= 0.6 is 28.3 Å². The van der Waals surface area contributed by atoms with Gasteiger partial charge in [0.05, 0.1) is 6.10 Å². The van der Waals surface area contributed by atoms with Crippen molar-refractivity contribution in [2.45, 2.75) is 25.0 Å². The monoisotopic (exact) mass is 426 g/mol. The molecule has 0 saturated carbocycles. The predicted octanol–water partition coefficient (Wildman–Crippen LogP) is 4.11. The molecule has 0 aliphatic carbocycles. The van der Waals surface area contributed by atoms with E-state index < -0.39 is 6.10 Å². The minimum absolute atomic E-state index is 0. The molecule has 0 spiro atoms. The van der Waals surface area contributed by atoms with Crippen LogP contribution < -0.4 is 15.8 Å². The lowest BCUT2D eigenvalue weighted by atomic mass is 10.2. The van der Waals surface area contributed by atoms with Crippen molar-refractivity contribution in [3.05, 3.63) is 53.0 Å². The van der Waals surface area contributed by atoms with E-state index in [2.05, 4.69) is 21.2 Å². The molecule has 1 heterocycles. The SMILES string of the molecule is Cl.NC[C@H]1CC[C@@H](C(=O)Nc2ccc(Oc3ccc(Br)cc3)cc2)O1. The van der Waals surface area contributed by atoms with Crippen LogP contribution in [0.2, 0.25) is 0 Å². The van der Waals surface area contributed by atoms with Crippen molar-refractivity contribution in [3.8, 4) is 11.5 Å². The molecule has 0 aromatic heterocycles. The second kappa shape index (κ2) is 9.20. The van der Waals surface area contributed by atoms with E-state index in [-0.39, 0.29) is 24.4 Å². The molecule has 1 fully saturated rings. The van der Waals surface area contributed by atoms with Gasteiger partial charge in [0.1, 0.15) is 17.6 Å². The van der Waals surface area contributed by atoms with Crippen molar-refractivity contribution >= 4 is 39.9 Å². The highest BCUT2D eigenvalue weighted by atomic mass is 79.9. The fourth-order valence-electron chi connectivity index (χ4n) is 2.54. The van der Waals surface area contributed by atoms with Crippen LogP contribution in [0.5, 0.6) is 11.5 Å². The Morgan fingerprint density at radius 1 is 1.12 bits per heavy atom. The fraction of sp³-hybridized carbons (Fsp3) is 0.278. The minimum Gasteiger partial charge on any atom is -0.457 e. The largest absolute Gasteiger partial charge is 0.457 e. The number of nitrogens with two attached hydrogens (primary N) is 1. The quantitative estimate of drug-likeness (QED) is 0.753. The molecule has 1 aliphatic heterocycles. The Kier molecular flexibility index (Phi) is 7.25. The lowest BCUT2D eigenvalue weighted by Crippen LogP contribution is -2.29. The van der Waals surface area contributed by atoms with Crippen molar-refractivity contribution in [1.29, 1.82) is 0 Å². The number of anilines is 1. The molecule has 7 heteroatoms. The summed E-state index contributed by atoms with van der Waals surface area (Å²) in [5, 5.41) is 2.86. The molecular formula is C18H20BrClN2O3. The van der Waals surface area contributed by atoms with Gasteiger partial charge in [-0.1, -0.05) is 15.9 Å². The average molecular weight is 428 g/mol. The van der Waals surface area contributed by atoms with Crippen molar-refractivity contribution in [3.63, 3.8) is 0 Å². The number of amides is 1. The third kappa shape index (κ3) is 5.44. The van der Waals surface area contributed by atoms with E-state index in [4.69, 9.17) is 15.2 Å². The van der Waals surface area contributed by atoms with Gasteiger partial charge in [-0.2, -0.15) is 0 Å². The highest BCUT2D eigenvalue weighted by molar-refractivity contribution is 9.10. The summed E-state index contributed by atoms with van der Waals surface area (Å²) in [6, 6.07) is 14.8. The van der Waals surface area contributed by atoms with Crippen molar-refractivity contribution in [2.75, 3.05) is 11.9 Å². The van der Waals surface area contributed by atoms with E-state index in [9.17, 15) is 4.79 Å². The van der Waals surface area contributed by atoms with Crippen LogP contribution in [0.25, 0.3) is 0 Å². The topological polar surface area (TPSA) is 73.6 Å². The molecule has 0 bridgehead atoms. The van der Waals surface area contributed by atoms with Gasteiger partial charge in [-0.25, -0.2) is 0 Å². The van der Waals surface area contributed by atoms with Crippen LogP contribution in [0.3, 0.4) is 0 Å². The van der Waals surface area contributed by atoms with E-state index in [1.807, 2.05) is 48.5 Å². The smallest absolute Gasteiger partial charge is 0.253 e. The van der Waals surface area contributed by atoms with Gasteiger partial charge in [0.25, 0.3) is 5.91 Å². The Morgan fingerprint density at radius 2 is 1.72 bits per heavy atom. The standard InChI is InChI=1S/C18H19BrN2O3.ClH/c19-12-1-5-14(6-2-12)23-15-7-3-13(4-8-15)21-18(22)17-10-9-16(11-20)24-17;/h1-8,16-17H,9-11,20H2,(H,21,22);1H/t16-,17+;/m1./s1. The molecule has 2 atom stereocenters. The van der Waals surface area contributed by atoms with E-state index in [1.165, 1.54) is 0 Å². The molecule has 25 heavy (non-hydrogen) atoms. The number of rotatable bonds is 5. The Morgan fingerprint density at radius 3 is 2.28 bits per heavy atom. The second-order valence-corrected chi connectivity index (χ2v) is 6.55. The number of ether oxygens (including phenoxy) is 2. The maximum absolute atomic E-state index is 12.2. The first kappa shape index (κ1) is 19.7. The lowest BCUT2D eigenvalue weighted by Gasteiger charge is -2.13. The molecule has 1 amide bonds. The predicted molar refractivity (Wildman–Crippen MR) is 103 cm³/mol. The highest BCUT2D eigenvalue weighted by Gasteiger charge is 2.29. The number of halogens is 2. The van der Waals surface area contributed by atoms with Gasteiger partial charge >= 0.3 is 0 Å². The molecule has 5 nitrogen and oxygen atoms in total. The van der Waals surface area contributed by atoms with E-state index >= 15 is 0 Å². The third-order valence-electron chi connectivity index (χ3n) is 3.83. The van der Waals surface area contributed by atoms with E-state index in [0.29, 0.717) is 24.4 Å². The zero-order chi connectivity index (χ0) is 16.9. The van der Waals surface area contributed by atoms with E-state index in [1.54, 1.807) is 0 Å². The molecule has 1 aliphatic rings. The summed E-state index contributed by atoms with van der Waals surface area (Å²) in [6.07, 6.45) is 1.10. The number of hydrogen-bond acceptors (Lipinski definition) is 4. The molecule has 3 N–H and O–H groups in total. The first-order valence-electron chi connectivity index (χ1n) is 7.84. The van der Waals surface area contributed by atoms with Gasteiger partial charge in [-0.15, -0.1) is 12.4 Å². The molecule has 1 saturated heterocycles. The summed E-state index contributed by atoms with van der Waals surface area (Å²) < 4.78 is 12.3. The highest BCUT2D eigenvalue weighted by Crippen LogP contribution is 2.25. The molecule has 0 unspecified atom stereocenters. The fourth-order valence-corrected chi connectivity index (χ4v) is 2.80. The molecule has 3 rings (SSSR count). The first-order valence-corrected chi connectivity index (χ1v) is 8.63. The summed E-state index contributed by atoms with van der Waals surface area (Å²) in [5.41, 5.74) is 6.27. The zero-order valence-corrected chi connectivity index (χ0v) is 15.9. The van der Waals surface area contributed by atoms with Crippen LogP contribution in [0.15, 0.2) is 53.0 Å². The second-order valence-electron chi connectivity index (χ2n) is 5.63. The number of benzene rings is 2. The summed E-state index contributed by atoms with van der Waals surface area (Å²) in [6.45, 7) is 0.450. The third-order valence-corrected chi connectivity index (χ3v) is 4.36. The molecule has 2 aromatic rings. The van der Waals surface area contributed by atoms with Crippen LogP contribution in [0, 0.1) is 0 Å². The maximum Gasteiger partial charge on any atom is 0.253 e. The Bertz CT molecular complexity index is 694. The van der Waals surface area contributed by atoms with Crippen molar-refractivity contribution in [1.82, 2.24) is 0 Å². The van der Waals surface area contributed by atoms with Crippen LogP contribution in [0.1, 0.15) is 12.8 Å². The van der Waals surface area contributed by atoms with Crippen LogP contribution in [-0.4, -0.2) is 24.7 Å². The molecule has 2 aromatic carbocycles. The summed E-state index contributed by atoms with van der Waals surface area (Å²) in [5.74, 6) is 1.32. The average Bonchev–Trinajstić information content (AvgIpc) is 3.08. The van der Waals surface area contributed by atoms with Crippen LogP contribution in [0.4, 0.5) is 5.69 Å². The number of nitrogens with one attached hydrogen (secondary N) is 1. The lowest BCUT2D eigenvalue weighted by molar-refractivity contribution is -0.126. The van der Waals surface area contributed by atoms with E-state index in [0.717, 1.165) is 16.6 Å². The Balaban J connectivity index is 0.00000225. The minimum atomic E-state index is -0.419. The van der Waals surface area contributed by atoms with Crippen molar-refractivity contribution < 1.29 is 14.3 Å².